The first-order valence-corrected chi connectivity index (χ1v) is 16.3. The van der Waals surface area contributed by atoms with Crippen molar-refractivity contribution < 1.29 is 41.4 Å². The van der Waals surface area contributed by atoms with Crippen LogP contribution >= 0.6 is 11.8 Å². The second-order valence-electron chi connectivity index (χ2n) is 11.5. The van der Waals surface area contributed by atoms with Gasteiger partial charge < -0.3 is 30.3 Å². The van der Waals surface area contributed by atoms with Gasteiger partial charge in [-0.05, 0) is 68.4 Å². The number of ether oxygens (including phenoxy) is 1. The van der Waals surface area contributed by atoms with Crippen LogP contribution in [0.15, 0.2) is 53.6 Å². The van der Waals surface area contributed by atoms with Crippen molar-refractivity contribution in [1.82, 2.24) is 20.1 Å². The number of nitrogens with zero attached hydrogens (tertiary/aromatic N) is 4. The Morgan fingerprint density at radius 3 is 2.45 bits per heavy atom. The predicted octanol–water partition coefficient (Wildman–Crippen LogP) is 5.76. The number of carbonyl (C=O) groups is 2. The van der Waals surface area contributed by atoms with Gasteiger partial charge in [-0.15, -0.1) is 11.8 Å². The maximum atomic E-state index is 14.1. The Morgan fingerprint density at radius 1 is 1.04 bits per heavy atom. The predicted molar refractivity (Wildman–Crippen MR) is 175 cm³/mol. The van der Waals surface area contributed by atoms with E-state index in [-0.39, 0.29) is 23.3 Å². The van der Waals surface area contributed by atoms with E-state index in [0.717, 1.165) is 62.5 Å². The van der Waals surface area contributed by atoms with Gasteiger partial charge in [-0.25, -0.2) is 18.6 Å². The van der Waals surface area contributed by atoms with Crippen molar-refractivity contribution in [3.05, 3.63) is 71.3 Å². The molecule has 2 aliphatic heterocycles. The summed E-state index contributed by atoms with van der Waals surface area (Å²) in [7, 11) is 2.13. The molecule has 2 aromatic heterocycles. The molecule has 1 amide bonds. The van der Waals surface area contributed by atoms with Crippen LogP contribution in [0, 0.1) is 11.6 Å². The van der Waals surface area contributed by atoms with Gasteiger partial charge in [0.25, 0.3) is 5.91 Å². The minimum absolute atomic E-state index is 0.211. The molecule has 2 aromatic carbocycles. The number of nitrogens with one attached hydrogen (secondary N) is 3. The molecule has 4 N–H and O–H groups in total. The molecule has 11 nitrogen and oxygen atoms in total. The zero-order valence-electron chi connectivity index (χ0n) is 26.3. The highest BCUT2D eigenvalue weighted by Gasteiger charge is 2.38. The highest BCUT2D eigenvalue weighted by Crippen LogP contribution is 2.30. The number of thioether (sulfide) groups is 1. The molecular formula is C32H34F5N7O4S. The molecule has 2 fully saturated rings. The highest BCUT2D eigenvalue weighted by atomic mass is 32.2. The number of anilines is 3. The van der Waals surface area contributed by atoms with Gasteiger partial charge in [0.1, 0.15) is 17.2 Å². The zero-order chi connectivity index (χ0) is 35.1. The number of carboxylic acids is 1. The first-order chi connectivity index (χ1) is 23.4. The molecule has 2 saturated heterocycles. The van der Waals surface area contributed by atoms with Crippen LogP contribution in [-0.4, -0.2) is 95.7 Å². The minimum atomic E-state index is -5.08. The lowest BCUT2D eigenvalue weighted by Gasteiger charge is -2.34. The van der Waals surface area contributed by atoms with E-state index in [1.54, 1.807) is 12.1 Å². The third-order valence-corrected chi connectivity index (χ3v) is 8.92. The molecule has 0 bridgehead atoms. The monoisotopic (exact) mass is 707 g/mol. The van der Waals surface area contributed by atoms with Crippen LogP contribution in [0.1, 0.15) is 28.8 Å². The summed E-state index contributed by atoms with van der Waals surface area (Å²) in [6, 6.07) is 13.1. The topological polar surface area (TPSA) is 136 Å². The van der Waals surface area contributed by atoms with E-state index < -0.39 is 23.8 Å². The molecule has 0 aliphatic carbocycles. The van der Waals surface area contributed by atoms with Crippen molar-refractivity contribution in [2.24, 2.45) is 0 Å². The van der Waals surface area contributed by atoms with E-state index >= 15 is 0 Å². The van der Waals surface area contributed by atoms with Crippen LogP contribution in [0.4, 0.5) is 39.1 Å². The summed E-state index contributed by atoms with van der Waals surface area (Å²) in [5.41, 5.74) is 3.77. The first kappa shape index (κ1) is 35.8. The number of piperazine rings is 1. The van der Waals surface area contributed by atoms with Crippen LogP contribution in [0.2, 0.25) is 0 Å². The van der Waals surface area contributed by atoms with E-state index in [2.05, 4.69) is 48.7 Å². The molecule has 0 unspecified atom stereocenters. The molecule has 0 atom stereocenters. The number of benzene rings is 2. The maximum absolute atomic E-state index is 14.1. The van der Waals surface area contributed by atoms with E-state index in [1.807, 2.05) is 12.1 Å². The van der Waals surface area contributed by atoms with Crippen molar-refractivity contribution in [2.45, 2.75) is 35.8 Å². The lowest BCUT2D eigenvalue weighted by molar-refractivity contribution is -0.192. The van der Waals surface area contributed by atoms with Crippen molar-refractivity contribution >= 4 is 51.9 Å². The number of fused-ring (bicyclic) bond motifs is 1. The molecule has 262 valence electrons. The number of pyridine rings is 1. The van der Waals surface area contributed by atoms with Gasteiger partial charge in [-0.3, -0.25) is 9.89 Å². The Balaban J connectivity index is 0.000000606. The second-order valence-corrected chi connectivity index (χ2v) is 12.4. The van der Waals surface area contributed by atoms with E-state index in [0.29, 0.717) is 40.7 Å². The van der Waals surface area contributed by atoms with Crippen LogP contribution < -0.4 is 15.5 Å². The summed E-state index contributed by atoms with van der Waals surface area (Å²) in [6.45, 7) is 5.21. The normalized spacial score (nSPS) is 15.8. The Bertz CT molecular complexity index is 1780. The van der Waals surface area contributed by atoms with E-state index in [9.17, 15) is 26.7 Å². The van der Waals surface area contributed by atoms with Gasteiger partial charge in [0, 0.05) is 68.1 Å². The van der Waals surface area contributed by atoms with Crippen LogP contribution in [0.5, 0.6) is 0 Å². The Morgan fingerprint density at radius 2 is 1.76 bits per heavy atom. The van der Waals surface area contributed by atoms with Crippen LogP contribution in [-0.2, 0) is 15.3 Å². The fourth-order valence-electron chi connectivity index (χ4n) is 5.20. The number of rotatable bonds is 8. The van der Waals surface area contributed by atoms with Crippen molar-refractivity contribution in [2.75, 3.05) is 62.0 Å². The number of aromatic nitrogens is 3. The largest absolute Gasteiger partial charge is 0.490 e. The van der Waals surface area contributed by atoms with E-state index in [4.69, 9.17) is 14.6 Å². The van der Waals surface area contributed by atoms with Gasteiger partial charge in [0.05, 0.1) is 16.1 Å². The second kappa shape index (κ2) is 15.8. The standard InChI is InChI=1S/C30H33F2N7O2S.C2HF3O2/c1-38-10-12-39(13-11-38)22-3-4-23(26(17-22)33-21-8-14-41-15-9-21)30(40)35-29-28-25(36-37-29)6-7-27(34-28)42-18-19-16-20(31)2-5-24(19)32;3-2(4,5)1(6)7/h2-7,16-17,21,33H,8-15,18H2,1H3,(H2,35,36,37,40);(H,6,7). The molecule has 4 heterocycles. The van der Waals surface area contributed by atoms with Crippen molar-refractivity contribution in [3.63, 3.8) is 0 Å². The average Bonchev–Trinajstić information content (AvgIpc) is 3.47. The van der Waals surface area contributed by atoms with Gasteiger partial charge in [0.15, 0.2) is 5.82 Å². The van der Waals surface area contributed by atoms with Crippen molar-refractivity contribution in [3.8, 4) is 0 Å². The molecule has 4 aromatic rings. The third-order valence-electron chi connectivity index (χ3n) is 7.94. The maximum Gasteiger partial charge on any atom is 0.490 e. The molecule has 49 heavy (non-hydrogen) atoms. The number of likely N-dealkylation sites (N-methyl/N-ethyl adjacent to an activating group) is 1. The summed E-state index contributed by atoms with van der Waals surface area (Å²) in [5.74, 6) is -3.50. The quantitative estimate of drug-likeness (QED) is 0.132. The van der Waals surface area contributed by atoms with Gasteiger partial charge in [-0.2, -0.15) is 18.3 Å². The Kier molecular flexibility index (Phi) is 11.6. The van der Waals surface area contributed by atoms with E-state index in [1.165, 1.54) is 17.8 Å². The van der Waals surface area contributed by atoms with Crippen LogP contribution in [0.3, 0.4) is 0 Å². The van der Waals surface area contributed by atoms with Gasteiger partial charge in [0.2, 0.25) is 0 Å². The van der Waals surface area contributed by atoms with Crippen LogP contribution in [0.25, 0.3) is 11.0 Å². The molecule has 0 spiro atoms. The summed E-state index contributed by atoms with van der Waals surface area (Å²) in [5, 5.41) is 21.5. The van der Waals surface area contributed by atoms with Crippen molar-refractivity contribution in [1.29, 1.82) is 0 Å². The number of carboxylic acid groups (broad SMARTS) is 1. The average molecular weight is 708 g/mol. The smallest absolute Gasteiger partial charge is 0.475 e. The number of hydrogen-bond acceptors (Lipinski definition) is 9. The Hall–Kier alpha value is -4.48. The first-order valence-electron chi connectivity index (χ1n) is 15.3. The number of hydrogen-bond donors (Lipinski definition) is 4. The highest BCUT2D eigenvalue weighted by molar-refractivity contribution is 7.98. The fourth-order valence-corrected chi connectivity index (χ4v) is 6.05. The number of carbonyl (C=O) groups excluding carboxylic acids is 1. The fraction of sp³-hybridized carbons (Fsp3) is 0.375. The lowest BCUT2D eigenvalue weighted by atomic mass is 10.1. The summed E-state index contributed by atoms with van der Waals surface area (Å²) in [6.07, 6.45) is -3.35. The summed E-state index contributed by atoms with van der Waals surface area (Å²) < 4.78 is 64.9. The summed E-state index contributed by atoms with van der Waals surface area (Å²) >= 11 is 1.28. The summed E-state index contributed by atoms with van der Waals surface area (Å²) in [4.78, 5) is 31.8. The Labute approximate surface area is 282 Å². The molecule has 17 heteroatoms. The molecular weight excluding hydrogens is 673 g/mol. The molecule has 6 rings (SSSR count). The number of halogens is 5. The number of aromatic amines is 1. The minimum Gasteiger partial charge on any atom is -0.475 e. The lowest BCUT2D eigenvalue weighted by Crippen LogP contribution is -2.44. The molecule has 0 radical (unpaired) electrons. The number of H-pyrrole nitrogens is 1. The third kappa shape index (κ3) is 9.57. The molecule has 2 aliphatic rings. The zero-order valence-corrected chi connectivity index (χ0v) is 27.1. The van der Waals surface area contributed by atoms with Gasteiger partial charge >= 0.3 is 12.1 Å². The molecule has 0 saturated carbocycles. The SMILES string of the molecule is CN1CCN(c2ccc(C(=O)Nc3n[nH]c4ccc(SCc5cc(F)ccc5F)nc34)c(NC3CCOCC3)c2)CC1.O=C(O)C(F)(F)F. The number of aliphatic carboxylic acids is 1. The number of alkyl halides is 3. The number of amides is 1. The van der Waals surface area contributed by atoms with Gasteiger partial charge in [-0.1, -0.05) is 0 Å².